The molecule has 0 radical (unpaired) electrons. The van der Waals surface area contributed by atoms with Gasteiger partial charge in [0.25, 0.3) is 0 Å². The van der Waals surface area contributed by atoms with E-state index in [1.54, 1.807) is 6.07 Å². The zero-order valence-corrected chi connectivity index (χ0v) is 12.5. The van der Waals surface area contributed by atoms with Crippen molar-refractivity contribution in [2.24, 2.45) is 0 Å². The van der Waals surface area contributed by atoms with Gasteiger partial charge in [-0.1, -0.05) is 23.7 Å². The molecule has 20 heavy (non-hydrogen) atoms. The molecule has 1 saturated heterocycles. The third-order valence-electron chi connectivity index (χ3n) is 3.09. The van der Waals surface area contributed by atoms with Crippen molar-refractivity contribution in [2.45, 2.75) is 12.5 Å². The standard InChI is InChI=1S/C13H17ClN2O3.ClH/c14-11-3-1-2-4-12(11)19-8-5-10-9-16(13(17)18)7-6-15-10;/h1-4,10,15H,5-9H2,(H,17,18);1H. The third-order valence-corrected chi connectivity index (χ3v) is 3.40. The monoisotopic (exact) mass is 320 g/mol. The Bertz CT molecular complexity index is 445. The van der Waals surface area contributed by atoms with E-state index in [0.29, 0.717) is 37.0 Å². The fourth-order valence-corrected chi connectivity index (χ4v) is 2.26. The van der Waals surface area contributed by atoms with Gasteiger partial charge in [-0.2, -0.15) is 0 Å². The lowest BCUT2D eigenvalue weighted by atomic mass is 10.1. The van der Waals surface area contributed by atoms with E-state index in [-0.39, 0.29) is 18.4 Å². The van der Waals surface area contributed by atoms with Crippen LogP contribution in [0.4, 0.5) is 4.79 Å². The van der Waals surface area contributed by atoms with E-state index >= 15 is 0 Å². The zero-order valence-electron chi connectivity index (χ0n) is 10.9. The molecular weight excluding hydrogens is 303 g/mol. The second-order valence-electron chi connectivity index (χ2n) is 4.45. The Labute approximate surface area is 129 Å². The van der Waals surface area contributed by atoms with Crippen LogP contribution >= 0.6 is 24.0 Å². The van der Waals surface area contributed by atoms with E-state index in [0.717, 1.165) is 6.42 Å². The Balaban J connectivity index is 0.00000200. The van der Waals surface area contributed by atoms with Gasteiger partial charge in [-0.3, -0.25) is 0 Å². The molecule has 1 amide bonds. The van der Waals surface area contributed by atoms with Crippen molar-refractivity contribution in [1.29, 1.82) is 0 Å². The third kappa shape index (κ3) is 4.74. The number of ether oxygens (including phenoxy) is 1. The van der Waals surface area contributed by atoms with Gasteiger partial charge in [0.05, 0.1) is 11.6 Å². The minimum atomic E-state index is -0.862. The highest BCUT2D eigenvalue weighted by Crippen LogP contribution is 2.23. The fourth-order valence-electron chi connectivity index (χ4n) is 2.07. The van der Waals surface area contributed by atoms with Gasteiger partial charge >= 0.3 is 6.09 Å². The highest BCUT2D eigenvalue weighted by molar-refractivity contribution is 6.32. The van der Waals surface area contributed by atoms with Crippen LogP contribution in [-0.2, 0) is 0 Å². The van der Waals surface area contributed by atoms with Crippen molar-refractivity contribution in [3.63, 3.8) is 0 Å². The Morgan fingerprint density at radius 3 is 2.95 bits per heavy atom. The number of carbonyl (C=O) groups is 1. The maximum absolute atomic E-state index is 10.9. The Morgan fingerprint density at radius 1 is 1.50 bits per heavy atom. The van der Waals surface area contributed by atoms with Crippen LogP contribution in [0.5, 0.6) is 5.75 Å². The van der Waals surface area contributed by atoms with Crippen LogP contribution in [0.25, 0.3) is 0 Å². The summed E-state index contributed by atoms with van der Waals surface area (Å²) in [5.74, 6) is 0.662. The van der Waals surface area contributed by atoms with Crippen LogP contribution in [-0.4, -0.2) is 48.4 Å². The molecule has 5 nitrogen and oxygen atoms in total. The summed E-state index contributed by atoms with van der Waals surface area (Å²) in [6.07, 6.45) is -0.117. The summed E-state index contributed by atoms with van der Waals surface area (Å²) in [7, 11) is 0. The van der Waals surface area contributed by atoms with Crippen molar-refractivity contribution < 1.29 is 14.6 Å². The SMILES string of the molecule is Cl.O=C(O)N1CCNC(CCOc2ccccc2Cl)C1. The minimum absolute atomic E-state index is 0. The highest BCUT2D eigenvalue weighted by Gasteiger charge is 2.22. The second-order valence-corrected chi connectivity index (χ2v) is 4.85. The smallest absolute Gasteiger partial charge is 0.407 e. The molecule has 1 aromatic rings. The van der Waals surface area contributed by atoms with Crippen LogP contribution in [0.2, 0.25) is 5.02 Å². The van der Waals surface area contributed by atoms with Crippen molar-refractivity contribution >= 4 is 30.1 Å². The summed E-state index contributed by atoms with van der Waals surface area (Å²) < 4.78 is 5.60. The Morgan fingerprint density at radius 2 is 2.25 bits per heavy atom. The number of halogens is 2. The molecular formula is C13H18Cl2N2O3. The zero-order chi connectivity index (χ0) is 13.7. The first kappa shape index (κ1) is 16.9. The van der Waals surface area contributed by atoms with Gasteiger partial charge in [0.2, 0.25) is 0 Å². The summed E-state index contributed by atoms with van der Waals surface area (Å²) >= 11 is 5.98. The van der Waals surface area contributed by atoms with Crippen LogP contribution in [0.15, 0.2) is 24.3 Å². The fraction of sp³-hybridized carbons (Fsp3) is 0.462. The summed E-state index contributed by atoms with van der Waals surface area (Å²) in [6, 6.07) is 7.45. The van der Waals surface area contributed by atoms with Crippen molar-refractivity contribution in [3.05, 3.63) is 29.3 Å². The molecule has 0 aliphatic carbocycles. The summed E-state index contributed by atoms with van der Waals surface area (Å²) in [6.45, 7) is 2.23. The molecule has 1 heterocycles. The quantitative estimate of drug-likeness (QED) is 0.894. The van der Waals surface area contributed by atoms with Crippen LogP contribution in [0.3, 0.4) is 0 Å². The maximum Gasteiger partial charge on any atom is 0.407 e. The first-order valence-corrected chi connectivity index (χ1v) is 6.63. The molecule has 112 valence electrons. The van der Waals surface area contributed by atoms with Crippen molar-refractivity contribution in [2.75, 3.05) is 26.2 Å². The van der Waals surface area contributed by atoms with Gasteiger partial charge in [-0.25, -0.2) is 4.79 Å². The molecule has 7 heteroatoms. The lowest BCUT2D eigenvalue weighted by Crippen LogP contribution is -2.52. The first-order valence-electron chi connectivity index (χ1n) is 6.25. The van der Waals surface area contributed by atoms with Crippen LogP contribution < -0.4 is 10.1 Å². The number of carboxylic acid groups (broad SMARTS) is 1. The molecule has 0 bridgehead atoms. The number of nitrogens with one attached hydrogen (secondary N) is 1. The number of rotatable bonds is 4. The minimum Gasteiger partial charge on any atom is -0.492 e. The van der Waals surface area contributed by atoms with Crippen LogP contribution in [0, 0.1) is 0 Å². The van der Waals surface area contributed by atoms with Gasteiger partial charge < -0.3 is 20.1 Å². The molecule has 1 aliphatic heterocycles. The number of benzene rings is 1. The summed E-state index contributed by atoms with van der Waals surface area (Å²) in [5.41, 5.74) is 0. The number of piperazine rings is 1. The maximum atomic E-state index is 10.9. The van der Waals surface area contributed by atoms with Gasteiger partial charge in [0, 0.05) is 25.7 Å². The molecule has 1 fully saturated rings. The molecule has 0 aromatic heterocycles. The normalized spacial score (nSPS) is 18.2. The summed E-state index contributed by atoms with van der Waals surface area (Å²) in [5, 5.41) is 12.8. The van der Waals surface area contributed by atoms with Gasteiger partial charge in [0.15, 0.2) is 0 Å². The molecule has 2 N–H and O–H groups in total. The topological polar surface area (TPSA) is 61.8 Å². The van der Waals surface area contributed by atoms with Gasteiger partial charge in [0.1, 0.15) is 5.75 Å². The largest absolute Gasteiger partial charge is 0.492 e. The van der Waals surface area contributed by atoms with Crippen LogP contribution in [0.1, 0.15) is 6.42 Å². The van der Waals surface area contributed by atoms with E-state index in [2.05, 4.69) is 5.32 Å². The van der Waals surface area contributed by atoms with E-state index in [1.165, 1.54) is 4.90 Å². The lowest BCUT2D eigenvalue weighted by molar-refractivity contribution is 0.124. The Kier molecular flexibility index (Phi) is 6.91. The number of hydrogen-bond donors (Lipinski definition) is 2. The molecule has 0 spiro atoms. The van der Waals surface area contributed by atoms with Gasteiger partial charge in [-0.05, 0) is 18.6 Å². The molecule has 0 saturated carbocycles. The average molecular weight is 321 g/mol. The number of nitrogens with zero attached hydrogens (tertiary/aromatic N) is 1. The predicted molar refractivity (Wildman–Crippen MR) is 80.2 cm³/mol. The summed E-state index contributed by atoms with van der Waals surface area (Å²) in [4.78, 5) is 12.3. The lowest BCUT2D eigenvalue weighted by Gasteiger charge is -2.31. The van der Waals surface area contributed by atoms with Gasteiger partial charge in [-0.15, -0.1) is 12.4 Å². The van der Waals surface area contributed by atoms with Crippen molar-refractivity contribution in [1.82, 2.24) is 10.2 Å². The Hall–Kier alpha value is -1.17. The predicted octanol–water partition coefficient (Wildman–Crippen LogP) is 2.48. The molecule has 1 atom stereocenters. The second kappa shape index (κ2) is 8.19. The number of hydrogen-bond acceptors (Lipinski definition) is 3. The molecule has 1 aliphatic rings. The number of para-hydroxylation sites is 1. The van der Waals surface area contributed by atoms with E-state index in [4.69, 9.17) is 21.4 Å². The highest BCUT2D eigenvalue weighted by atomic mass is 35.5. The molecule has 1 unspecified atom stereocenters. The van der Waals surface area contributed by atoms with Crippen molar-refractivity contribution in [3.8, 4) is 5.75 Å². The number of amides is 1. The first-order chi connectivity index (χ1) is 9.16. The molecule has 2 rings (SSSR count). The van der Waals surface area contributed by atoms with E-state index in [9.17, 15) is 4.79 Å². The van der Waals surface area contributed by atoms with E-state index in [1.807, 2.05) is 18.2 Å². The average Bonchev–Trinajstić information content (AvgIpc) is 2.41. The van der Waals surface area contributed by atoms with E-state index < -0.39 is 6.09 Å². The molecule has 1 aromatic carbocycles.